The molecule has 0 aliphatic rings. The number of aryl methyl sites for hydroxylation is 1. The van der Waals surface area contributed by atoms with Gasteiger partial charge in [0.25, 0.3) is 0 Å². The zero-order valence-electron chi connectivity index (χ0n) is 10.1. The minimum Gasteiger partial charge on any atom is -0.478 e. The second kappa shape index (κ2) is 5.36. The van der Waals surface area contributed by atoms with E-state index in [9.17, 15) is 9.59 Å². The van der Waals surface area contributed by atoms with Crippen LogP contribution in [0, 0.1) is 6.92 Å². The van der Waals surface area contributed by atoms with E-state index >= 15 is 0 Å². The van der Waals surface area contributed by atoms with E-state index in [1.165, 1.54) is 22.9 Å². The highest BCUT2D eigenvalue weighted by atomic mass is 79.9. The van der Waals surface area contributed by atoms with Crippen LogP contribution in [0.3, 0.4) is 0 Å². The van der Waals surface area contributed by atoms with Crippen molar-refractivity contribution in [3.8, 4) is 0 Å². The van der Waals surface area contributed by atoms with Crippen molar-refractivity contribution in [3.63, 3.8) is 0 Å². The smallest absolute Gasteiger partial charge is 0.347 e. The van der Waals surface area contributed by atoms with Crippen LogP contribution in [0.25, 0.3) is 0 Å². The molecule has 0 bridgehead atoms. The van der Waals surface area contributed by atoms with Crippen molar-refractivity contribution < 1.29 is 9.90 Å². The van der Waals surface area contributed by atoms with Gasteiger partial charge in [0.2, 0.25) is 0 Å². The van der Waals surface area contributed by atoms with Gasteiger partial charge in [-0.25, -0.2) is 14.6 Å². The van der Waals surface area contributed by atoms with Gasteiger partial charge < -0.3 is 5.11 Å². The van der Waals surface area contributed by atoms with E-state index in [1.807, 2.05) is 6.92 Å². The van der Waals surface area contributed by atoms with E-state index in [2.05, 4.69) is 20.9 Å². The number of carboxylic acids is 1. The maximum Gasteiger partial charge on any atom is 0.347 e. The Morgan fingerprint density at radius 3 is 2.84 bits per heavy atom. The first-order valence-corrected chi connectivity index (χ1v) is 6.31. The fourth-order valence-corrected chi connectivity index (χ4v) is 2.18. The number of hydrogen-bond acceptors (Lipinski definition) is 3. The van der Waals surface area contributed by atoms with Crippen LogP contribution in [0.1, 0.15) is 21.5 Å². The molecule has 0 amide bonds. The summed E-state index contributed by atoms with van der Waals surface area (Å²) >= 11 is 3.32. The predicted molar refractivity (Wildman–Crippen MR) is 73.4 cm³/mol. The van der Waals surface area contributed by atoms with Crippen LogP contribution in [0.4, 0.5) is 0 Å². The predicted octanol–water partition coefficient (Wildman–Crippen LogP) is 2.06. The van der Waals surface area contributed by atoms with E-state index in [0.29, 0.717) is 11.0 Å². The molecule has 0 fully saturated rings. The van der Waals surface area contributed by atoms with Crippen LogP contribution in [-0.2, 0) is 6.54 Å². The van der Waals surface area contributed by atoms with Gasteiger partial charge in [-0.3, -0.25) is 4.57 Å². The third-order valence-electron chi connectivity index (χ3n) is 2.62. The molecule has 5 nitrogen and oxygen atoms in total. The zero-order chi connectivity index (χ0) is 14.0. The van der Waals surface area contributed by atoms with Crippen LogP contribution in [0.2, 0.25) is 0 Å². The van der Waals surface area contributed by atoms with E-state index in [1.54, 1.807) is 12.3 Å². The Morgan fingerprint density at radius 2 is 2.21 bits per heavy atom. The average molecular weight is 323 g/mol. The first kappa shape index (κ1) is 13.5. The van der Waals surface area contributed by atoms with Crippen LogP contribution in [0.5, 0.6) is 0 Å². The molecule has 0 spiro atoms. The number of hydrogen-bond donors (Lipinski definition) is 1. The van der Waals surface area contributed by atoms with Gasteiger partial charge in [-0.1, -0.05) is 22.0 Å². The summed E-state index contributed by atoms with van der Waals surface area (Å²) in [7, 11) is 0. The van der Waals surface area contributed by atoms with Crippen LogP contribution >= 0.6 is 15.9 Å². The van der Waals surface area contributed by atoms with Crippen molar-refractivity contribution in [2.24, 2.45) is 0 Å². The number of nitrogens with zero attached hydrogens (tertiary/aromatic N) is 2. The molecule has 0 atom stereocenters. The highest BCUT2D eigenvalue weighted by Gasteiger charge is 2.08. The van der Waals surface area contributed by atoms with Gasteiger partial charge in [0.1, 0.15) is 0 Å². The minimum absolute atomic E-state index is 0.199. The van der Waals surface area contributed by atoms with Crippen LogP contribution < -0.4 is 5.69 Å². The molecule has 1 aromatic carbocycles. The van der Waals surface area contributed by atoms with Gasteiger partial charge in [-0.05, 0) is 30.2 Å². The van der Waals surface area contributed by atoms with Crippen LogP contribution in [-0.4, -0.2) is 20.6 Å². The molecular formula is C13H11BrN2O3. The minimum atomic E-state index is -0.985. The monoisotopic (exact) mass is 322 g/mol. The summed E-state index contributed by atoms with van der Waals surface area (Å²) in [6.07, 6.45) is 3.23. The summed E-state index contributed by atoms with van der Waals surface area (Å²) in [6.45, 7) is 2.19. The second-order valence-electron chi connectivity index (χ2n) is 4.15. The Hall–Kier alpha value is -1.95. The molecule has 2 rings (SSSR count). The highest BCUT2D eigenvalue weighted by molar-refractivity contribution is 9.10. The van der Waals surface area contributed by atoms with Crippen molar-refractivity contribution >= 4 is 21.9 Å². The summed E-state index contributed by atoms with van der Waals surface area (Å²) < 4.78 is 2.14. The molecule has 0 saturated heterocycles. The molecule has 0 saturated carbocycles. The SMILES string of the molecule is Cc1cnc(=O)n(Cc2ccc(C(=O)O)cc2Br)c1. The van der Waals surface area contributed by atoms with E-state index in [4.69, 9.17) is 5.11 Å². The third kappa shape index (κ3) is 3.08. The number of aromatic carboxylic acids is 1. The average Bonchev–Trinajstić information content (AvgIpc) is 2.36. The lowest BCUT2D eigenvalue weighted by molar-refractivity contribution is 0.0697. The number of rotatable bonds is 3. The van der Waals surface area contributed by atoms with Gasteiger partial charge in [0, 0.05) is 16.9 Å². The summed E-state index contributed by atoms with van der Waals surface area (Å²) in [5.74, 6) is -0.985. The first-order chi connectivity index (χ1) is 8.97. The molecule has 1 heterocycles. The molecule has 6 heteroatoms. The van der Waals surface area contributed by atoms with Gasteiger partial charge in [-0.2, -0.15) is 0 Å². The molecule has 0 aliphatic carbocycles. The number of halogens is 1. The maximum absolute atomic E-state index is 11.6. The molecule has 98 valence electrons. The van der Waals surface area contributed by atoms with Crippen molar-refractivity contribution in [1.29, 1.82) is 0 Å². The molecule has 0 aliphatic heterocycles. The molecule has 0 radical (unpaired) electrons. The fourth-order valence-electron chi connectivity index (χ4n) is 1.67. The van der Waals surface area contributed by atoms with E-state index < -0.39 is 5.97 Å². The Morgan fingerprint density at radius 1 is 1.47 bits per heavy atom. The quantitative estimate of drug-likeness (QED) is 0.938. The maximum atomic E-state index is 11.6. The normalized spacial score (nSPS) is 10.4. The molecule has 1 N–H and O–H groups in total. The summed E-state index contributed by atoms with van der Waals surface area (Å²) in [6, 6.07) is 4.71. The van der Waals surface area contributed by atoms with E-state index in [0.717, 1.165) is 11.1 Å². The van der Waals surface area contributed by atoms with Gasteiger partial charge in [-0.15, -0.1) is 0 Å². The second-order valence-corrected chi connectivity index (χ2v) is 5.01. The van der Waals surface area contributed by atoms with E-state index in [-0.39, 0.29) is 11.3 Å². The Bertz CT molecular complexity index is 695. The molecule has 1 aromatic heterocycles. The largest absolute Gasteiger partial charge is 0.478 e. The lowest BCUT2D eigenvalue weighted by Gasteiger charge is -2.08. The summed E-state index contributed by atoms with van der Waals surface area (Å²) in [5.41, 5.74) is 1.57. The number of carboxylic acid groups (broad SMARTS) is 1. The molecular weight excluding hydrogens is 312 g/mol. The van der Waals surface area contributed by atoms with Crippen molar-refractivity contribution in [2.75, 3.05) is 0 Å². The third-order valence-corrected chi connectivity index (χ3v) is 3.36. The topological polar surface area (TPSA) is 72.2 Å². The fraction of sp³-hybridized carbons (Fsp3) is 0.154. The number of carbonyl (C=O) groups is 1. The summed E-state index contributed by atoms with van der Waals surface area (Å²) in [4.78, 5) is 26.2. The molecule has 19 heavy (non-hydrogen) atoms. The number of aromatic nitrogens is 2. The lowest BCUT2D eigenvalue weighted by Crippen LogP contribution is -2.23. The summed E-state index contributed by atoms with van der Waals surface area (Å²) in [5, 5.41) is 8.88. The van der Waals surface area contributed by atoms with Gasteiger partial charge >= 0.3 is 11.7 Å². The van der Waals surface area contributed by atoms with Crippen molar-refractivity contribution in [3.05, 3.63) is 62.2 Å². The highest BCUT2D eigenvalue weighted by Crippen LogP contribution is 2.19. The van der Waals surface area contributed by atoms with Gasteiger partial charge in [0.05, 0.1) is 12.1 Å². The standard InChI is InChI=1S/C13H11BrN2O3/c1-8-5-15-13(19)16(6-8)7-10-3-2-9(12(17)18)4-11(10)14/h2-6H,7H2,1H3,(H,17,18). The van der Waals surface area contributed by atoms with Gasteiger partial charge in [0.15, 0.2) is 0 Å². The molecule has 0 unspecified atom stereocenters. The van der Waals surface area contributed by atoms with Crippen molar-refractivity contribution in [1.82, 2.24) is 9.55 Å². The Kier molecular flexibility index (Phi) is 3.80. The Balaban J connectivity index is 2.36. The lowest BCUT2D eigenvalue weighted by atomic mass is 10.1. The molecule has 2 aromatic rings. The first-order valence-electron chi connectivity index (χ1n) is 5.52. The Labute approximate surface area is 117 Å². The van der Waals surface area contributed by atoms with Crippen molar-refractivity contribution in [2.45, 2.75) is 13.5 Å². The number of benzene rings is 1. The zero-order valence-corrected chi connectivity index (χ0v) is 11.7. The van der Waals surface area contributed by atoms with Crippen LogP contribution in [0.15, 0.2) is 39.9 Å².